The molecule has 1 aromatic rings. The van der Waals surface area contributed by atoms with Crippen molar-refractivity contribution < 1.29 is 18.0 Å². The van der Waals surface area contributed by atoms with Crippen LogP contribution in [-0.2, 0) is 14.8 Å². The zero-order chi connectivity index (χ0) is 18.7. The van der Waals surface area contributed by atoms with Gasteiger partial charge in [-0.15, -0.1) is 0 Å². The third kappa shape index (κ3) is 4.24. The van der Waals surface area contributed by atoms with Crippen molar-refractivity contribution in [2.24, 2.45) is 5.92 Å². The number of carbonyl (C=O) groups excluding carboxylic acids is 2. The number of carbonyl (C=O) groups is 2. The highest BCUT2D eigenvalue weighted by molar-refractivity contribution is 7.89. The number of benzene rings is 1. The molecule has 142 valence electrons. The van der Waals surface area contributed by atoms with Crippen molar-refractivity contribution in [2.75, 3.05) is 19.6 Å². The number of rotatable bonds is 6. The van der Waals surface area contributed by atoms with Gasteiger partial charge in [0.2, 0.25) is 15.9 Å². The van der Waals surface area contributed by atoms with Gasteiger partial charge in [0.1, 0.15) is 0 Å². The second kappa shape index (κ2) is 7.75. The summed E-state index contributed by atoms with van der Waals surface area (Å²) in [6.07, 6.45) is 4.43. The van der Waals surface area contributed by atoms with Crippen molar-refractivity contribution in [1.82, 2.24) is 14.9 Å². The van der Waals surface area contributed by atoms with E-state index in [4.69, 9.17) is 0 Å². The molecule has 1 saturated carbocycles. The molecule has 26 heavy (non-hydrogen) atoms. The first-order valence-electron chi connectivity index (χ1n) is 9.02. The van der Waals surface area contributed by atoms with Gasteiger partial charge < -0.3 is 10.2 Å². The smallest absolute Gasteiger partial charge is 0.254 e. The molecule has 7 nitrogen and oxygen atoms in total. The average Bonchev–Trinajstić information content (AvgIpc) is 2.91. The minimum atomic E-state index is -3.73. The van der Waals surface area contributed by atoms with E-state index < -0.39 is 10.0 Å². The van der Waals surface area contributed by atoms with E-state index in [0.717, 1.165) is 25.8 Å². The number of amides is 2. The van der Waals surface area contributed by atoms with Crippen LogP contribution in [0.5, 0.6) is 0 Å². The van der Waals surface area contributed by atoms with Crippen LogP contribution in [0.2, 0.25) is 0 Å². The Bertz CT molecular complexity index is 793. The number of hydrogen-bond acceptors (Lipinski definition) is 4. The Morgan fingerprint density at radius 1 is 1.23 bits per heavy atom. The maximum absolute atomic E-state index is 12.9. The lowest BCUT2D eigenvalue weighted by Gasteiger charge is -2.24. The third-order valence-corrected chi connectivity index (χ3v) is 6.55. The molecule has 2 fully saturated rings. The molecule has 2 N–H and O–H groups in total. The first kappa shape index (κ1) is 18.8. The molecule has 1 aliphatic carbocycles. The fourth-order valence-corrected chi connectivity index (χ4v) is 4.93. The van der Waals surface area contributed by atoms with E-state index in [1.54, 1.807) is 12.1 Å². The molecule has 1 aliphatic heterocycles. The van der Waals surface area contributed by atoms with Gasteiger partial charge >= 0.3 is 0 Å². The number of hydrogen-bond donors (Lipinski definition) is 2. The first-order chi connectivity index (χ1) is 12.4. The summed E-state index contributed by atoms with van der Waals surface area (Å²) < 4.78 is 27.2. The largest absolute Gasteiger partial charge is 0.355 e. The molecule has 2 atom stereocenters. The molecule has 8 heteroatoms. The molecule has 2 aliphatic rings. The molecule has 1 heterocycles. The van der Waals surface area contributed by atoms with Crippen LogP contribution < -0.4 is 10.0 Å². The van der Waals surface area contributed by atoms with Gasteiger partial charge in [-0.3, -0.25) is 9.59 Å². The van der Waals surface area contributed by atoms with Crippen LogP contribution in [0.3, 0.4) is 0 Å². The molecule has 1 aromatic carbocycles. The monoisotopic (exact) mass is 379 g/mol. The maximum Gasteiger partial charge on any atom is 0.254 e. The van der Waals surface area contributed by atoms with Crippen molar-refractivity contribution >= 4 is 21.8 Å². The molecule has 0 spiro atoms. The van der Waals surface area contributed by atoms with Crippen LogP contribution in [0, 0.1) is 5.92 Å². The van der Waals surface area contributed by atoms with Crippen molar-refractivity contribution in [1.29, 1.82) is 0 Å². The van der Waals surface area contributed by atoms with Gasteiger partial charge in [-0.05, 0) is 43.4 Å². The minimum Gasteiger partial charge on any atom is -0.355 e. The highest BCUT2D eigenvalue weighted by atomic mass is 32.2. The summed E-state index contributed by atoms with van der Waals surface area (Å²) in [6, 6.07) is 6.46. The fraction of sp³-hybridized carbons (Fsp3) is 0.556. The number of likely N-dealkylation sites (tertiary alicyclic amines) is 1. The van der Waals surface area contributed by atoms with E-state index in [0.29, 0.717) is 11.5 Å². The second-order valence-electron chi connectivity index (χ2n) is 7.05. The Morgan fingerprint density at radius 3 is 2.77 bits per heavy atom. The van der Waals surface area contributed by atoms with Crippen molar-refractivity contribution in [2.45, 2.75) is 43.5 Å². The van der Waals surface area contributed by atoms with Crippen LogP contribution in [0.25, 0.3) is 0 Å². The van der Waals surface area contributed by atoms with E-state index in [2.05, 4.69) is 10.0 Å². The molecular formula is C18H25N3O4S. The normalized spacial score (nSPS) is 22.3. The quantitative estimate of drug-likeness (QED) is 0.724. The highest BCUT2D eigenvalue weighted by Gasteiger charge is 2.38. The summed E-state index contributed by atoms with van der Waals surface area (Å²) >= 11 is 0. The van der Waals surface area contributed by atoms with E-state index in [9.17, 15) is 18.0 Å². The van der Waals surface area contributed by atoms with E-state index in [1.807, 2.05) is 4.90 Å². The average molecular weight is 379 g/mol. The zero-order valence-corrected chi connectivity index (χ0v) is 15.7. The topological polar surface area (TPSA) is 95.6 Å². The first-order valence-corrected chi connectivity index (χ1v) is 10.5. The van der Waals surface area contributed by atoms with Gasteiger partial charge in [0.05, 0.1) is 4.90 Å². The van der Waals surface area contributed by atoms with Crippen LogP contribution in [0.1, 0.15) is 43.0 Å². The van der Waals surface area contributed by atoms with Crippen LogP contribution in [0.15, 0.2) is 29.2 Å². The third-order valence-electron chi connectivity index (χ3n) is 5.09. The number of fused-ring (bicyclic) bond motifs is 2. The van der Waals surface area contributed by atoms with E-state index in [1.165, 1.54) is 25.5 Å². The summed E-state index contributed by atoms with van der Waals surface area (Å²) in [5, 5.41) is 2.53. The lowest BCUT2D eigenvalue weighted by Crippen LogP contribution is -2.35. The summed E-state index contributed by atoms with van der Waals surface area (Å²) in [6.45, 7) is 2.45. The van der Waals surface area contributed by atoms with Gasteiger partial charge in [0.15, 0.2) is 0 Å². The molecular weight excluding hydrogens is 354 g/mol. The molecule has 0 unspecified atom stereocenters. The second-order valence-corrected chi connectivity index (χ2v) is 8.82. The SMILES string of the molecule is CC(=O)NCCNS(=O)(=O)c1cccc(C(=O)N2C[C@@H]3CCC[C@H]2C3)c1. The molecule has 2 bridgehead atoms. The summed E-state index contributed by atoms with van der Waals surface area (Å²) in [7, 11) is -3.73. The van der Waals surface area contributed by atoms with Gasteiger partial charge in [-0.25, -0.2) is 13.1 Å². The van der Waals surface area contributed by atoms with Crippen LogP contribution in [0.4, 0.5) is 0 Å². The van der Waals surface area contributed by atoms with Gasteiger partial charge in [-0.1, -0.05) is 12.5 Å². The van der Waals surface area contributed by atoms with Gasteiger partial charge in [0, 0.05) is 38.2 Å². The van der Waals surface area contributed by atoms with Crippen molar-refractivity contribution in [3.8, 4) is 0 Å². The van der Waals surface area contributed by atoms with Gasteiger partial charge in [-0.2, -0.15) is 0 Å². The molecule has 0 aromatic heterocycles. The summed E-state index contributed by atoms with van der Waals surface area (Å²) in [4.78, 5) is 25.7. The van der Waals surface area contributed by atoms with Crippen LogP contribution >= 0.6 is 0 Å². The minimum absolute atomic E-state index is 0.0633. The Balaban J connectivity index is 1.69. The Kier molecular flexibility index (Phi) is 5.62. The molecule has 2 amide bonds. The van der Waals surface area contributed by atoms with E-state index in [-0.39, 0.29) is 35.8 Å². The number of nitrogens with one attached hydrogen (secondary N) is 2. The predicted molar refractivity (Wildman–Crippen MR) is 97.1 cm³/mol. The Hall–Kier alpha value is -1.93. The number of nitrogens with zero attached hydrogens (tertiary/aromatic N) is 1. The lowest BCUT2D eigenvalue weighted by molar-refractivity contribution is -0.118. The Labute approximate surface area is 154 Å². The van der Waals surface area contributed by atoms with Crippen molar-refractivity contribution in [3.63, 3.8) is 0 Å². The molecule has 0 radical (unpaired) electrons. The standard InChI is InChI=1S/C18H25N3O4S/c1-13(22)19-8-9-20-26(24,25)17-7-3-5-15(11-17)18(23)21-12-14-4-2-6-16(21)10-14/h3,5,7,11,14,16,20H,2,4,6,8-10,12H2,1H3,(H,19,22)/t14-,16+/m1/s1. The fourth-order valence-electron chi connectivity index (χ4n) is 3.86. The van der Waals surface area contributed by atoms with Crippen LogP contribution in [-0.4, -0.2) is 50.8 Å². The zero-order valence-electron chi connectivity index (χ0n) is 14.9. The summed E-state index contributed by atoms with van der Waals surface area (Å²) in [5.74, 6) is 0.280. The van der Waals surface area contributed by atoms with E-state index >= 15 is 0 Å². The lowest BCUT2D eigenvalue weighted by atomic mass is 9.90. The van der Waals surface area contributed by atoms with Crippen molar-refractivity contribution in [3.05, 3.63) is 29.8 Å². The maximum atomic E-state index is 12.9. The number of sulfonamides is 1. The molecule has 1 saturated heterocycles. The summed E-state index contributed by atoms with van der Waals surface area (Å²) in [5.41, 5.74) is 0.405. The highest BCUT2D eigenvalue weighted by Crippen LogP contribution is 2.36. The predicted octanol–water partition coefficient (Wildman–Crippen LogP) is 1.12. The van der Waals surface area contributed by atoms with Gasteiger partial charge in [0.25, 0.3) is 5.91 Å². The Morgan fingerprint density at radius 2 is 2.04 bits per heavy atom. The molecule has 3 rings (SSSR count).